The Morgan fingerprint density at radius 1 is 1.48 bits per heavy atom. The Kier molecular flexibility index (Phi) is 9.65. The van der Waals surface area contributed by atoms with Crippen molar-refractivity contribution in [2.24, 2.45) is 10.3 Å². The zero-order valence-electron chi connectivity index (χ0n) is 12.4. The molecule has 0 atom stereocenters. The van der Waals surface area contributed by atoms with Gasteiger partial charge in [0.1, 0.15) is 13.4 Å². The molecule has 0 aliphatic carbocycles. The van der Waals surface area contributed by atoms with Crippen LogP contribution in [-0.2, 0) is 53.8 Å². The van der Waals surface area contributed by atoms with E-state index in [1.807, 2.05) is 0 Å². The number of aromatic nitrogens is 2. The second kappa shape index (κ2) is 10.3. The zero-order valence-corrected chi connectivity index (χ0v) is 15.2. The Hall–Kier alpha value is -1.41. The molecule has 1 N–H and O–H groups in total. The van der Waals surface area contributed by atoms with Crippen LogP contribution < -0.4 is 5.32 Å². The maximum atomic E-state index is 11.9. The summed E-state index contributed by atoms with van der Waals surface area (Å²) in [6.45, 7) is 3.41. The standard InChI is InChI=1S/C12H16N5O3.Y/c1-5-16-20-6-9-10(8(2)14-7-15-9)11(17-19-4)12(18)13-3;/h7H,6H2,1-4H3,(H,13,18);/q-1;/b17-11+;. The minimum atomic E-state index is -0.406. The summed E-state index contributed by atoms with van der Waals surface area (Å²) >= 11 is 0. The molecular weight excluding hydrogens is 351 g/mol. The second-order valence-electron chi connectivity index (χ2n) is 3.57. The fourth-order valence-electron chi connectivity index (χ4n) is 1.51. The van der Waals surface area contributed by atoms with Crippen molar-refractivity contribution in [3.05, 3.63) is 23.3 Å². The number of nitrogens with one attached hydrogen (secondary N) is 1. The van der Waals surface area contributed by atoms with Gasteiger partial charge in [0, 0.05) is 39.8 Å². The number of carbonyl (C=O) groups excluding carboxylic acids is 1. The van der Waals surface area contributed by atoms with E-state index in [9.17, 15) is 4.79 Å². The normalized spacial score (nSPS) is 11.0. The van der Waals surface area contributed by atoms with Gasteiger partial charge < -0.3 is 26.4 Å². The fraction of sp³-hybridized carbons (Fsp3) is 0.417. The summed E-state index contributed by atoms with van der Waals surface area (Å²) in [6.07, 6.45) is 3.87. The Morgan fingerprint density at radius 2 is 2.19 bits per heavy atom. The quantitative estimate of drug-likeness (QED) is 0.442. The number of rotatable bonds is 6. The zero-order chi connectivity index (χ0) is 15.0. The van der Waals surface area contributed by atoms with Crippen LogP contribution in [-0.4, -0.2) is 42.0 Å². The Morgan fingerprint density at radius 3 is 2.76 bits per heavy atom. The molecule has 8 nitrogen and oxygen atoms in total. The van der Waals surface area contributed by atoms with Gasteiger partial charge in [-0.25, -0.2) is 9.97 Å². The van der Waals surface area contributed by atoms with Crippen LogP contribution in [0.25, 0.3) is 0 Å². The van der Waals surface area contributed by atoms with Crippen LogP contribution >= 0.6 is 0 Å². The minimum Gasteiger partial charge on any atom is -0.426 e. The van der Waals surface area contributed by atoms with Gasteiger partial charge in [-0.3, -0.25) is 4.79 Å². The molecule has 0 aliphatic rings. The van der Waals surface area contributed by atoms with Gasteiger partial charge in [-0.05, 0) is 6.92 Å². The van der Waals surface area contributed by atoms with Gasteiger partial charge in [-0.2, -0.15) is 6.92 Å². The third kappa shape index (κ3) is 5.47. The molecule has 1 radical (unpaired) electrons. The number of carbonyl (C=O) groups is 1. The average molecular weight is 367 g/mol. The molecule has 0 bridgehead atoms. The molecule has 0 unspecified atom stereocenters. The molecule has 0 saturated heterocycles. The number of nitrogens with zero attached hydrogens (tertiary/aromatic N) is 4. The van der Waals surface area contributed by atoms with Gasteiger partial charge in [-0.1, -0.05) is 5.16 Å². The molecule has 9 heteroatoms. The summed E-state index contributed by atoms with van der Waals surface area (Å²) in [5, 5.41) is 9.75. The van der Waals surface area contributed by atoms with E-state index in [1.54, 1.807) is 13.8 Å². The van der Waals surface area contributed by atoms with E-state index >= 15 is 0 Å². The van der Waals surface area contributed by atoms with E-state index in [2.05, 4.69) is 31.8 Å². The molecule has 1 aromatic heterocycles. The molecule has 0 fully saturated rings. The summed E-state index contributed by atoms with van der Waals surface area (Å²) in [5.74, 6) is -0.406. The van der Waals surface area contributed by atoms with E-state index in [4.69, 9.17) is 9.68 Å². The fourth-order valence-corrected chi connectivity index (χ4v) is 1.51. The molecule has 1 amide bonds. The summed E-state index contributed by atoms with van der Waals surface area (Å²) in [6, 6.07) is 0. The summed E-state index contributed by atoms with van der Waals surface area (Å²) in [4.78, 5) is 29.7. The largest absolute Gasteiger partial charge is 0.426 e. The first-order valence-corrected chi connectivity index (χ1v) is 5.78. The van der Waals surface area contributed by atoms with Crippen molar-refractivity contribution in [2.45, 2.75) is 20.5 Å². The van der Waals surface area contributed by atoms with Gasteiger partial charge in [-0.15, -0.1) is 0 Å². The predicted molar refractivity (Wildman–Crippen MR) is 72.3 cm³/mol. The number of hydrogen-bond acceptors (Lipinski definition) is 7. The number of likely N-dealkylation sites (N-methyl/N-ethyl adjacent to an activating group) is 1. The molecule has 0 saturated carbocycles. The van der Waals surface area contributed by atoms with E-state index in [1.165, 1.54) is 20.5 Å². The first-order chi connectivity index (χ1) is 9.65. The van der Waals surface area contributed by atoms with Gasteiger partial charge in [0.2, 0.25) is 0 Å². The molecule has 0 aromatic carbocycles. The van der Waals surface area contributed by atoms with E-state index < -0.39 is 5.91 Å². The third-order valence-corrected chi connectivity index (χ3v) is 2.33. The van der Waals surface area contributed by atoms with Crippen LogP contribution in [0.15, 0.2) is 16.6 Å². The summed E-state index contributed by atoms with van der Waals surface area (Å²) in [5.41, 5.74) is 1.61. The molecule has 0 aliphatic heterocycles. The van der Waals surface area contributed by atoms with Crippen LogP contribution in [0.4, 0.5) is 0 Å². The van der Waals surface area contributed by atoms with Crippen LogP contribution in [0.2, 0.25) is 0 Å². The summed E-state index contributed by atoms with van der Waals surface area (Å²) < 4.78 is 0. The number of oxime groups is 1. The number of aryl methyl sites for hydroxylation is 1. The SMILES string of the molecule is C[C-]=NOCc1ncnc(C)c1/C(=N\OC)C(=O)NC.[Y]. The van der Waals surface area contributed by atoms with Crippen molar-refractivity contribution in [2.75, 3.05) is 14.2 Å². The van der Waals surface area contributed by atoms with Gasteiger partial charge in [0.25, 0.3) is 5.91 Å². The van der Waals surface area contributed by atoms with Crippen molar-refractivity contribution < 1.29 is 47.2 Å². The first kappa shape index (κ1) is 19.6. The van der Waals surface area contributed by atoms with E-state index in [-0.39, 0.29) is 45.0 Å². The first-order valence-electron chi connectivity index (χ1n) is 5.78. The molecule has 0 spiro atoms. The summed E-state index contributed by atoms with van der Waals surface area (Å²) in [7, 11) is 2.85. The van der Waals surface area contributed by atoms with Gasteiger partial charge in [0.05, 0.1) is 17.0 Å². The van der Waals surface area contributed by atoms with Crippen molar-refractivity contribution in [1.82, 2.24) is 15.3 Å². The molecule has 111 valence electrons. The van der Waals surface area contributed by atoms with Crippen LogP contribution in [0.1, 0.15) is 23.9 Å². The number of hydrogen-bond donors (Lipinski definition) is 1. The Balaban J connectivity index is 0.00000400. The van der Waals surface area contributed by atoms with E-state index in [0.29, 0.717) is 17.0 Å². The van der Waals surface area contributed by atoms with Gasteiger partial charge in [0.15, 0.2) is 12.3 Å². The Bertz CT molecular complexity index is 534. The molecule has 1 heterocycles. The monoisotopic (exact) mass is 367 g/mol. The average Bonchev–Trinajstić information content (AvgIpc) is 2.45. The predicted octanol–water partition coefficient (Wildman–Crippen LogP) is 0.278. The van der Waals surface area contributed by atoms with Gasteiger partial charge >= 0.3 is 0 Å². The van der Waals surface area contributed by atoms with Crippen molar-refractivity contribution in [3.63, 3.8) is 0 Å². The molecule has 1 rings (SSSR count). The minimum absolute atomic E-state index is 0. The van der Waals surface area contributed by atoms with Crippen LogP contribution in [0.3, 0.4) is 0 Å². The molecule has 1 aromatic rings. The molecule has 21 heavy (non-hydrogen) atoms. The van der Waals surface area contributed by atoms with Crippen LogP contribution in [0, 0.1) is 6.92 Å². The maximum Gasteiger partial charge on any atom is 0.273 e. The molecular formula is C12H16N5O3Y-. The maximum absolute atomic E-state index is 11.9. The smallest absolute Gasteiger partial charge is 0.273 e. The number of amides is 1. The van der Waals surface area contributed by atoms with E-state index in [0.717, 1.165) is 0 Å². The van der Waals surface area contributed by atoms with Crippen LogP contribution in [0.5, 0.6) is 0 Å². The van der Waals surface area contributed by atoms with Crippen molar-refractivity contribution in [1.29, 1.82) is 0 Å². The Labute approximate surface area is 148 Å². The van der Waals surface area contributed by atoms with Crippen molar-refractivity contribution in [3.8, 4) is 0 Å². The van der Waals surface area contributed by atoms with Crippen molar-refractivity contribution >= 4 is 17.8 Å². The third-order valence-electron chi connectivity index (χ3n) is 2.33. The second-order valence-corrected chi connectivity index (χ2v) is 3.57. The topological polar surface area (TPSA) is 98.1 Å².